The zero-order valence-electron chi connectivity index (χ0n) is 17.0. The number of aliphatic hydroxyl groups excluding tert-OH is 4. The third kappa shape index (κ3) is 5.10. The molecule has 2 aromatic carbocycles. The molecule has 4 N–H and O–H groups in total. The molecular formula is C22H28O8. The van der Waals surface area contributed by atoms with E-state index in [0.717, 1.165) is 22.4 Å². The van der Waals surface area contributed by atoms with E-state index >= 15 is 0 Å². The van der Waals surface area contributed by atoms with Crippen LogP contribution in [0, 0.1) is 0 Å². The second-order valence-corrected chi connectivity index (χ2v) is 7.22. The summed E-state index contributed by atoms with van der Waals surface area (Å²) in [4.78, 5) is 0. The van der Waals surface area contributed by atoms with Gasteiger partial charge in [0.05, 0.1) is 20.3 Å². The van der Waals surface area contributed by atoms with Crippen molar-refractivity contribution >= 4 is 0 Å². The summed E-state index contributed by atoms with van der Waals surface area (Å²) in [5.74, 6) is 1.21. The highest BCUT2D eigenvalue weighted by Gasteiger charge is 2.44. The summed E-state index contributed by atoms with van der Waals surface area (Å²) in [5, 5.41) is 39.7. The van der Waals surface area contributed by atoms with Gasteiger partial charge in [0.2, 0.25) is 6.29 Å². The van der Waals surface area contributed by atoms with Crippen LogP contribution in [0.4, 0.5) is 0 Å². The van der Waals surface area contributed by atoms with Gasteiger partial charge in [0.25, 0.3) is 0 Å². The van der Waals surface area contributed by atoms with E-state index in [4.69, 9.17) is 18.9 Å². The van der Waals surface area contributed by atoms with Gasteiger partial charge in [-0.2, -0.15) is 0 Å². The number of hydrogen-bond donors (Lipinski definition) is 4. The SMILES string of the molecule is COCc1ccc(Cc2ccc(OC)cc2)c(O[C@H]2O[C@H](CO)[C@@H](O)[C@H](O)[C@H]2O)c1. The highest BCUT2D eigenvalue weighted by atomic mass is 16.7. The number of methoxy groups -OCH3 is 2. The van der Waals surface area contributed by atoms with E-state index in [1.165, 1.54) is 0 Å². The van der Waals surface area contributed by atoms with Gasteiger partial charge >= 0.3 is 0 Å². The molecule has 164 valence electrons. The van der Waals surface area contributed by atoms with E-state index in [1.807, 2.05) is 36.4 Å². The molecule has 2 aromatic rings. The molecule has 0 unspecified atom stereocenters. The molecule has 1 aliphatic heterocycles. The fourth-order valence-electron chi connectivity index (χ4n) is 3.36. The third-order valence-electron chi connectivity index (χ3n) is 5.09. The van der Waals surface area contributed by atoms with Gasteiger partial charge in [-0.1, -0.05) is 24.3 Å². The Bertz CT molecular complexity index is 807. The van der Waals surface area contributed by atoms with Crippen LogP contribution in [0.1, 0.15) is 16.7 Å². The lowest BCUT2D eigenvalue weighted by Gasteiger charge is -2.39. The number of rotatable bonds is 8. The molecule has 3 rings (SSSR count). The van der Waals surface area contributed by atoms with Crippen LogP contribution in [0.15, 0.2) is 42.5 Å². The Morgan fingerprint density at radius 2 is 1.60 bits per heavy atom. The van der Waals surface area contributed by atoms with Crippen molar-refractivity contribution in [3.63, 3.8) is 0 Å². The predicted molar refractivity (Wildman–Crippen MR) is 107 cm³/mol. The number of ether oxygens (including phenoxy) is 4. The molecule has 1 saturated heterocycles. The van der Waals surface area contributed by atoms with Crippen molar-refractivity contribution in [2.75, 3.05) is 20.8 Å². The highest BCUT2D eigenvalue weighted by Crippen LogP contribution is 2.29. The smallest absolute Gasteiger partial charge is 0.229 e. The largest absolute Gasteiger partial charge is 0.497 e. The molecule has 1 heterocycles. The lowest BCUT2D eigenvalue weighted by atomic mass is 9.99. The van der Waals surface area contributed by atoms with Crippen molar-refractivity contribution < 1.29 is 39.4 Å². The molecule has 8 heteroatoms. The summed E-state index contributed by atoms with van der Waals surface area (Å²) < 4.78 is 21.8. The first-order chi connectivity index (χ1) is 14.5. The Morgan fingerprint density at radius 1 is 0.900 bits per heavy atom. The van der Waals surface area contributed by atoms with Crippen molar-refractivity contribution in [2.24, 2.45) is 0 Å². The molecule has 1 fully saturated rings. The van der Waals surface area contributed by atoms with Crippen molar-refractivity contribution in [1.82, 2.24) is 0 Å². The maximum Gasteiger partial charge on any atom is 0.229 e. The van der Waals surface area contributed by atoms with Gasteiger partial charge in [-0.3, -0.25) is 0 Å². The van der Waals surface area contributed by atoms with Crippen LogP contribution in [0.5, 0.6) is 11.5 Å². The molecule has 0 bridgehead atoms. The summed E-state index contributed by atoms with van der Waals surface area (Å²) in [6.07, 6.45) is -6.18. The number of aliphatic hydroxyl groups is 4. The van der Waals surface area contributed by atoms with Crippen molar-refractivity contribution in [1.29, 1.82) is 0 Å². The monoisotopic (exact) mass is 420 g/mol. The van der Waals surface area contributed by atoms with E-state index in [1.54, 1.807) is 20.3 Å². The molecule has 0 aliphatic carbocycles. The van der Waals surface area contributed by atoms with Crippen molar-refractivity contribution in [3.05, 3.63) is 59.2 Å². The molecule has 5 atom stereocenters. The molecule has 30 heavy (non-hydrogen) atoms. The van der Waals surface area contributed by atoms with Gasteiger partial charge in [-0.25, -0.2) is 0 Å². The first-order valence-electron chi connectivity index (χ1n) is 9.67. The van der Waals surface area contributed by atoms with Crippen molar-refractivity contribution in [3.8, 4) is 11.5 Å². The molecule has 0 saturated carbocycles. The van der Waals surface area contributed by atoms with E-state index in [0.29, 0.717) is 18.8 Å². The van der Waals surface area contributed by atoms with Gasteiger partial charge < -0.3 is 39.4 Å². The van der Waals surface area contributed by atoms with Crippen LogP contribution >= 0.6 is 0 Å². The quantitative estimate of drug-likeness (QED) is 0.491. The minimum Gasteiger partial charge on any atom is -0.497 e. The Hall–Kier alpha value is -2.20. The average molecular weight is 420 g/mol. The van der Waals surface area contributed by atoms with Crippen LogP contribution in [-0.4, -0.2) is 72.0 Å². The van der Waals surface area contributed by atoms with Gasteiger partial charge in [-0.15, -0.1) is 0 Å². The van der Waals surface area contributed by atoms with Gasteiger partial charge in [0.15, 0.2) is 0 Å². The van der Waals surface area contributed by atoms with Crippen LogP contribution in [0.3, 0.4) is 0 Å². The number of hydrogen-bond acceptors (Lipinski definition) is 8. The molecule has 0 amide bonds. The lowest BCUT2D eigenvalue weighted by Crippen LogP contribution is -2.60. The first kappa shape index (κ1) is 22.5. The molecule has 1 aliphatic rings. The Kier molecular flexibility index (Phi) is 7.65. The summed E-state index contributed by atoms with van der Waals surface area (Å²) >= 11 is 0. The second-order valence-electron chi connectivity index (χ2n) is 7.22. The number of benzene rings is 2. The summed E-state index contributed by atoms with van der Waals surface area (Å²) in [7, 11) is 3.19. The Balaban J connectivity index is 1.86. The Morgan fingerprint density at radius 3 is 2.23 bits per heavy atom. The molecule has 0 radical (unpaired) electrons. The minimum absolute atomic E-state index is 0.369. The minimum atomic E-state index is -1.51. The normalized spacial score (nSPS) is 26.4. The van der Waals surface area contributed by atoms with Gasteiger partial charge in [0.1, 0.15) is 35.9 Å². The Labute approximate surface area is 175 Å². The zero-order valence-corrected chi connectivity index (χ0v) is 17.0. The highest BCUT2D eigenvalue weighted by molar-refractivity contribution is 5.41. The van der Waals surface area contributed by atoms with Gasteiger partial charge in [-0.05, 0) is 34.9 Å². The molecular weight excluding hydrogens is 392 g/mol. The lowest BCUT2D eigenvalue weighted by molar-refractivity contribution is -0.277. The molecule has 8 nitrogen and oxygen atoms in total. The molecule has 0 spiro atoms. The second kappa shape index (κ2) is 10.2. The summed E-state index contributed by atoms with van der Waals surface area (Å²) in [5.41, 5.74) is 2.71. The fourth-order valence-corrected chi connectivity index (χ4v) is 3.36. The van der Waals surface area contributed by atoms with Gasteiger partial charge in [0, 0.05) is 13.5 Å². The van der Waals surface area contributed by atoms with Crippen LogP contribution in [0.25, 0.3) is 0 Å². The average Bonchev–Trinajstić information content (AvgIpc) is 2.76. The summed E-state index contributed by atoms with van der Waals surface area (Å²) in [6, 6.07) is 13.2. The van der Waals surface area contributed by atoms with E-state index < -0.39 is 37.3 Å². The van der Waals surface area contributed by atoms with Crippen LogP contribution in [0.2, 0.25) is 0 Å². The maximum absolute atomic E-state index is 10.3. The first-order valence-corrected chi connectivity index (χ1v) is 9.67. The van der Waals surface area contributed by atoms with Crippen LogP contribution < -0.4 is 9.47 Å². The topological polar surface area (TPSA) is 118 Å². The fraction of sp³-hybridized carbons (Fsp3) is 0.455. The van der Waals surface area contributed by atoms with E-state index in [-0.39, 0.29) is 0 Å². The van der Waals surface area contributed by atoms with E-state index in [9.17, 15) is 20.4 Å². The zero-order chi connectivity index (χ0) is 21.7. The maximum atomic E-state index is 10.3. The van der Waals surface area contributed by atoms with Crippen LogP contribution in [-0.2, 0) is 22.5 Å². The predicted octanol–water partition coefficient (Wildman–Crippen LogP) is 0.611. The van der Waals surface area contributed by atoms with Crippen molar-refractivity contribution in [2.45, 2.75) is 43.7 Å². The summed E-state index contributed by atoms with van der Waals surface area (Å²) in [6.45, 7) is -0.152. The third-order valence-corrected chi connectivity index (χ3v) is 5.09. The standard InChI is InChI=1S/C22H28O8/c1-27-12-14-3-6-15(9-13-4-7-16(28-2)8-5-13)17(10-14)29-22-21(26)20(25)19(24)18(11-23)30-22/h3-8,10,18-26H,9,11-12H2,1-2H3/t18-,19-,20+,21-,22+/m1/s1. The van der Waals surface area contributed by atoms with E-state index in [2.05, 4.69) is 0 Å². The molecule has 0 aromatic heterocycles.